The number of ether oxygens (including phenoxy) is 2. The molecule has 4 aromatic carbocycles. The monoisotopic (exact) mass is 590 g/mol. The number of hydrogen-bond donors (Lipinski definition) is 0. The van der Waals surface area contributed by atoms with Gasteiger partial charge in [0, 0.05) is 22.7 Å². The molecule has 0 spiro atoms. The van der Waals surface area contributed by atoms with Crippen molar-refractivity contribution in [1.82, 2.24) is 0 Å². The van der Waals surface area contributed by atoms with E-state index in [1.54, 1.807) is 24.3 Å². The van der Waals surface area contributed by atoms with E-state index in [9.17, 15) is 29.3 Å². The summed E-state index contributed by atoms with van der Waals surface area (Å²) in [6.07, 6.45) is 0. The highest BCUT2D eigenvalue weighted by Crippen LogP contribution is 2.34. The van der Waals surface area contributed by atoms with Crippen LogP contribution in [0.2, 0.25) is 10.0 Å². The fourth-order valence-corrected chi connectivity index (χ4v) is 4.46. The number of ketones is 1. The number of hydrogen-bond acceptors (Lipinski definition) is 8. The minimum Gasteiger partial charge on any atom is -0.456 e. The predicted octanol–water partition coefficient (Wildman–Crippen LogP) is 6.53. The first kappa shape index (κ1) is 27.5. The second kappa shape index (κ2) is 11.2. The minimum absolute atomic E-state index is 0.000539. The van der Waals surface area contributed by atoms with Crippen LogP contribution in [-0.4, -0.2) is 35.1 Å². The summed E-state index contributed by atoms with van der Waals surface area (Å²) in [6, 6.07) is 19.7. The van der Waals surface area contributed by atoms with Gasteiger partial charge in [-0.3, -0.25) is 24.5 Å². The number of imide groups is 1. The third kappa shape index (κ3) is 5.65. The summed E-state index contributed by atoms with van der Waals surface area (Å²) >= 11 is 12.0. The molecule has 1 aliphatic rings. The predicted molar refractivity (Wildman–Crippen MR) is 148 cm³/mol. The molecule has 0 bridgehead atoms. The number of benzene rings is 4. The highest BCUT2D eigenvalue weighted by Gasteiger charge is 2.37. The van der Waals surface area contributed by atoms with Crippen LogP contribution in [0.25, 0.3) is 0 Å². The molecule has 1 heterocycles. The standard InChI is InChI=1S/C29H16Cl2N2O8/c30-18-4-12-26(24(31)14-18)41-21-9-7-19(8-10-21)32-27(35)22-11-3-17(13-23(22)28(32)36)29(37)40-15-25(34)16-1-5-20(6-2-16)33(38)39/h1-14H,15H2. The Bertz CT molecular complexity index is 1740. The number of carbonyl (C=O) groups excluding carboxylic acids is 4. The third-order valence-corrected chi connectivity index (χ3v) is 6.60. The lowest BCUT2D eigenvalue weighted by molar-refractivity contribution is -0.384. The molecule has 0 fully saturated rings. The second-order valence-corrected chi connectivity index (χ2v) is 9.52. The van der Waals surface area contributed by atoms with E-state index in [0.29, 0.717) is 21.5 Å². The summed E-state index contributed by atoms with van der Waals surface area (Å²) in [5.74, 6) is -1.90. The summed E-state index contributed by atoms with van der Waals surface area (Å²) in [6.45, 7) is -0.623. The molecule has 2 amide bonds. The number of carbonyl (C=O) groups is 4. The van der Waals surface area contributed by atoms with Crippen LogP contribution in [-0.2, 0) is 4.74 Å². The van der Waals surface area contributed by atoms with E-state index < -0.39 is 35.1 Å². The molecule has 10 nitrogen and oxygen atoms in total. The van der Waals surface area contributed by atoms with E-state index in [1.807, 2.05) is 0 Å². The van der Waals surface area contributed by atoms with Crippen molar-refractivity contribution in [3.63, 3.8) is 0 Å². The number of nitro groups is 1. The van der Waals surface area contributed by atoms with Crippen molar-refractivity contribution >= 4 is 58.1 Å². The summed E-state index contributed by atoms with van der Waals surface area (Å²) in [5, 5.41) is 11.5. The van der Waals surface area contributed by atoms with Crippen molar-refractivity contribution < 1.29 is 33.6 Å². The Hall–Kier alpha value is -5.06. The van der Waals surface area contributed by atoms with Gasteiger partial charge < -0.3 is 9.47 Å². The molecule has 0 radical (unpaired) electrons. The zero-order valence-electron chi connectivity index (χ0n) is 20.7. The van der Waals surface area contributed by atoms with Crippen molar-refractivity contribution in [2.75, 3.05) is 11.5 Å². The SMILES string of the molecule is O=C(COC(=O)c1ccc2c(c1)C(=O)N(c1ccc(Oc3ccc(Cl)cc3Cl)cc1)C2=O)c1ccc([N+](=O)[O-])cc1. The molecule has 0 saturated carbocycles. The van der Waals surface area contributed by atoms with E-state index in [4.69, 9.17) is 32.7 Å². The molecule has 1 aliphatic heterocycles. The van der Waals surface area contributed by atoms with Crippen LogP contribution in [0.15, 0.2) is 84.9 Å². The molecule has 12 heteroatoms. The third-order valence-electron chi connectivity index (χ3n) is 6.07. The van der Waals surface area contributed by atoms with Crippen LogP contribution in [0.4, 0.5) is 11.4 Å². The lowest BCUT2D eigenvalue weighted by Crippen LogP contribution is -2.29. The summed E-state index contributed by atoms with van der Waals surface area (Å²) < 4.78 is 10.8. The maximum absolute atomic E-state index is 13.2. The Labute approximate surface area is 241 Å². The highest BCUT2D eigenvalue weighted by atomic mass is 35.5. The van der Waals surface area contributed by atoms with E-state index in [1.165, 1.54) is 60.7 Å². The number of fused-ring (bicyclic) bond motifs is 1. The van der Waals surface area contributed by atoms with Crippen molar-refractivity contribution in [1.29, 1.82) is 0 Å². The molecule has 4 aromatic rings. The quantitative estimate of drug-likeness (QED) is 0.0742. The Morgan fingerprint density at radius 2 is 1.46 bits per heavy atom. The van der Waals surface area contributed by atoms with E-state index in [0.717, 1.165) is 4.90 Å². The van der Waals surface area contributed by atoms with Gasteiger partial charge in [0.05, 0.1) is 32.3 Å². The van der Waals surface area contributed by atoms with Crippen LogP contribution in [0.1, 0.15) is 41.4 Å². The number of amides is 2. The molecule has 0 unspecified atom stereocenters. The van der Waals surface area contributed by atoms with Gasteiger partial charge in [0.1, 0.15) is 11.5 Å². The van der Waals surface area contributed by atoms with Crippen molar-refractivity contribution in [2.45, 2.75) is 0 Å². The Kier molecular flexibility index (Phi) is 7.52. The number of esters is 1. The van der Waals surface area contributed by atoms with Crippen LogP contribution in [0.5, 0.6) is 11.5 Å². The number of Topliss-reactive ketones (excluding diaryl/α,β-unsaturated/α-hetero) is 1. The van der Waals surface area contributed by atoms with Crippen molar-refractivity contribution in [2.24, 2.45) is 0 Å². The van der Waals surface area contributed by atoms with Gasteiger partial charge in [-0.15, -0.1) is 0 Å². The lowest BCUT2D eigenvalue weighted by Gasteiger charge is -2.15. The average Bonchev–Trinajstić information content (AvgIpc) is 3.22. The van der Waals surface area contributed by atoms with Gasteiger partial charge in [-0.05, 0) is 72.8 Å². The molecule has 0 aromatic heterocycles. The first-order chi connectivity index (χ1) is 19.6. The summed E-state index contributed by atoms with van der Waals surface area (Å²) in [5.41, 5.74) is 0.287. The largest absolute Gasteiger partial charge is 0.456 e. The Balaban J connectivity index is 1.26. The fourth-order valence-electron chi connectivity index (χ4n) is 4.02. The summed E-state index contributed by atoms with van der Waals surface area (Å²) in [7, 11) is 0. The number of nitro benzene ring substituents is 1. The van der Waals surface area contributed by atoms with E-state index in [-0.39, 0.29) is 33.6 Å². The molecule has 0 atom stereocenters. The number of non-ortho nitro benzene ring substituents is 1. The van der Waals surface area contributed by atoms with Crippen molar-refractivity contribution in [3.05, 3.63) is 127 Å². The highest BCUT2D eigenvalue weighted by molar-refractivity contribution is 6.36. The minimum atomic E-state index is -0.885. The molecular formula is C29H16Cl2N2O8. The molecular weight excluding hydrogens is 575 g/mol. The first-order valence-corrected chi connectivity index (χ1v) is 12.6. The average molecular weight is 591 g/mol. The van der Waals surface area contributed by atoms with Crippen LogP contribution < -0.4 is 9.64 Å². The van der Waals surface area contributed by atoms with Gasteiger partial charge >= 0.3 is 5.97 Å². The molecule has 0 aliphatic carbocycles. The number of anilines is 1. The second-order valence-electron chi connectivity index (χ2n) is 8.68. The van der Waals surface area contributed by atoms with E-state index in [2.05, 4.69) is 0 Å². The van der Waals surface area contributed by atoms with Crippen molar-refractivity contribution in [3.8, 4) is 11.5 Å². The van der Waals surface area contributed by atoms with Crippen LogP contribution in [0.3, 0.4) is 0 Å². The fraction of sp³-hybridized carbons (Fsp3) is 0.0345. The first-order valence-electron chi connectivity index (χ1n) is 11.8. The Morgan fingerprint density at radius 1 is 0.805 bits per heavy atom. The smallest absolute Gasteiger partial charge is 0.338 e. The number of rotatable bonds is 8. The molecule has 0 N–H and O–H groups in total. The molecule has 204 valence electrons. The molecule has 5 rings (SSSR count). The van der Waals surface area contributed by atoms with Crippen LogP contribution >= 0.6 is 23.2 Å². The summed E-state index contributed by atoms with van der Waals surface area (Å²) in [4.78, 5) is 62.2. The Morgan fingerprint density at radius 3 is 2.12 bits per heavy atom. The number of halogens is 2. The van der Waals surface area contributed by atoms with Gasteiger partial charge in [-0.25, -0.2) is 9.69 Å². The van der Waals surface area contributed by atoms with Crippen LogP contribution in [0, 0.1) is 10.1 Å². The van der Waals surface area contributed by atoms with E-state index >= 15 is 0 Å². The number of nitrogens with zero attached hydrogens (tertiary/aromatic N) is 2. The van der Waals surface area contributed by atoms with Gasteiger partial charge in [-0.2, -0.15) is 0 Å². The maximum Gasteiger partial charge on any atom is 0.338 e. The zero-order valence-corrected chi connectivity index (χ0v) is 22.2. The zero-order chi connectivity index (χ0) is 29.3. The van der Waals surface area contributed by atoms with Gasteiger partial charge in [0.2, 0.25) is 0 Å². The topological polar surface area (TPSA) is 133 Å². The van der Waals surface area contributed by atoms with Gasteiger partial charge in [0.25, 0.3) is 17.5 Å². The lowest BCUT2D eigenvalue weighted by atomic mass is 10.1. The molecule has 0 saturated heterocycles. The van der Waals surface area contributed by atoms with Gasteiger partial charge in [-0.1, -0.05) is 23.2 Å². The molecule has 41 heavy (non-hydrogen) atoms. The normalized spacial score (nSPS) is 12.2. The van der Waals surface area contributed by atoms with Gasteiger partial charge in [0.15, 0.2) is 12.4 Å². The maximum atomic E-state index is 13.2.